The van der Waals surface area contributed by atoms with E-state index in [4.69, 9.17) is 14.5 Å². The van der Waals surface area contributed by atoms with Crippen molar-refractivity contribution in [1.29, 1.82) is 0 Å². The molecule has 31 heavy (non-hydrogen) atoms. The smallest absolute Gasteiger partial charge is 0.193 e. The zero-order valence-corrected chi connectivity index (χ0v) is 22.4. The van der Waals surface area contributed by atoms with Crippen molar-refractivity contribution in [2.24, 2.45) is 10.9 Å². The van der Waals surface area contributed by atoms with Crippen molar-refractivity contribution in [3.63, 3.8) is 0 Å². The maximum Gasteiger partial charge on any atom is 0.193 e. The van der Waals surface area contributed by atoms with Gasteiger partial charge < -0.3 is 24.6 Å². The summed E-state index contributed by atoms with van der Waals surface area (Å²) in [7, 11) is 0. The van der Waals surface area contributed by atoms with Crippen LogP contribution in [0.2, 0.25) is 0 Å². The molecule has 0 spiro atoms. The van der Waals surface area contributed by atoms with Crippen LogP contribution in [0.25, 0.3) is 0 Å². The lowest BCUT2D eigenvalue weighted by Crippen LogP contribution is -2.47. The molecule has 1 N–H and O–H groups in total. The molecule has 0 aromatic rings. The highest BCUT2D eigenvalue weighted by Gasteiger charge is 2.23. The summed E-state index contributed by atoms with van der Waals surface area (Å²) in [6, 6.07) is 0. The number of halogens is 1. The number of guanidine groups is 1. The maximum absolute atomic E-state index is 6.17. The van der Waals surface area contributed by atoms with Gasteiger partial charge in [-0.05, 0) is 83.7 Å². The molecule has 0 aromatic heterocycles. The number of rotatable bonds is 9. The van der Waals surface area contributed by atoms with Gasteiger partial charge in [-0.1, -0.05) is 6.92 Å². The van der Waals surface area contributed by atoms with Crippen molar-refractivity contribution in [3.8, 4) is 0 Å². The second-order valence-electron chi connectivity index (χ2n) is 9.50. The molecule has 2 atom stereocenters. The van der Waals surface area contributed by atoms with E-state index in [0.29, 0.717) is 12.2 Å². The van der Waals surface area contributed by atoms with Gasteiger partial charge in [-0.2, -0.15) is 0 Å². The molecule has 3 heterocycles. The number of likely N-dealkylation sites (tertiary alicyclic amines) is 2. The van der Waals surface area contributed by atoms with E-state index in [-0.39, 0.29) is 24.0 Å². The first-order chi connectivity index (χ1) is 14.7. The highest BCUT2D eigenvalue weighted by Crippen LogP contribution is 2.18. The molecular weight excluding hydrogens is 503 g/mol. The Labute approximate surface area is 207 Å². The van der Waals surface area contributed by atoms with E-state index in [1.165, 1.54) is 58.2 Å². The molecule has 3 aliphatic rings. The lowest BCUT2D eigenvalue weighted by atomic mass is 10.0. The minimum Gasteiger partial charge on any atom is -0.376 e. The van der Waals surface area contributed by atoms with Gasteiger partial charge in [-0.25, -0.2) is 0 Å². The summed E-state index contributed by atoms with van der Waals surface area (Å²) in [5.74, 6) is 1.97. The Kier molecular flexibility index (Phi) is 13.7. The third-order valence-electron chi connectivity index (χ3n) is 6.75. The Bertz CT molecular complexity index is 494. The van der Waals surface area contributed by atoms with Gasteiger partial charge in [-0.15, -0.1) is 24.0 Å². The van der Waals surface area contributed by atoms with Crippen LogP contribution in [0.15, 0.2) is 4.99 Å². The van der Waals surface area contributed by atoms with Crippen LogP contribution in [0.5, 0.6) is 0 Å². The Hall–Kier alpha value is -0.120. The molecule has 6 nitrogen and oxygen atoms in total. The summed E-state index contributed by atoms with van der Waals surface area (Å²) in [6.07, 6.45) is 11.7. The Morgan fingerprint density at radius 3 is 2.61 bits per heavy atom. The van der Waals surface area contributed by atoms with Gasteiger partial charge in [0.2, 0.25) is 0 Å². The standard InChI is InChI=1S/C24H46N4O2.HI/c1-3-25-24(26-13-5-6-14-27-15-8-9-21(2)19-27)28-16-11-22(12-17-28)30-20-23-10-4-7-18-29-23;/h21-23H,3-20H2,1-2H3,(H,25,26);1H. The summed E-state index contributed by atoms with van der Waals surface area (Å²) >= 11 is 0. The second-order valence-corrected chi connectivity index (χ2v) is 9.50. The topological polar surface area (TPSA) is 49.3 Å². The number of hydrogen-bond acceptors (Lipinski definition) is 4. The second kappa shape index (κ2) is 15.7. The van der Waals surface area contributed by atoms with Crippen molar-refractivity contribution < 1.29 is 9.47 Å². The molecule has 2 unspecified atom stereocenters. The number of ether oxygens (including phenoxy) is 2. The molecule has 0 amide bonds. The minimum atomic E-state index is 0. The maximum atomic E-state index is 6.17. The van der Waals surface area contributed by atoms with E-state index in [9.17, 15) is 0 Å². The van der Waals surface area contributed by atoms with Crippen LogP contribution in [0.3, 0.4) is 0 Å². The molecule has 0 bridgehead atoms. The van der Waals surface area contributed by atoms with Gasteiger partial charge >= 0.3 is 0 Å². The molecule has 0 aliphatic carbocycles. The molecule has 3 saturated heterocycles. The molecule has 0 saturated carbocycles. The number of piperidine rings is 2. The first-order valence-electron chi connectivity index (χ1n) is 12.7. The van der Waals surface area contributed by atoms with Crippen LogP contribution < -0.4 is 5.32 Å². The minimum absolute atomic E-state index is 0. The van der Waals surface area contributed by atoms with Crippen LogP contribution in [0.1, 0.15) is 71.6 Å². The third kappa shape index (κ3) is 10.1. The SMILES string of the molecule is CCNC(=NCCCCN1CCCC(C)C1)N1CCC(OCC2CCCCO2)CC1.I. The van der Waals surface area contributed by atoms with Crippen molar-refractivity contribution in [1.82, 2.24) is 15.1 Å². The summed E-state index contributed by atoms with van der Waals surface area (Å²) in [5.41, 5.74) is 0. The number of unbranched alkanes of at least 4 members (excludes halogenated alkanes) is 1. The molecule has 0 radical (unpaired) electrons. The van der Waals surface area contributed by atoms with Gasteiger partial charge in [0.15, 0.2) is 5.96 Å². The van der Waals surface area contributed by atoms with E-state index in [1.54, 1.807) is 0 Å². The summed E-state index contributed by atoms with van der Waals surface area (Å²) in [5, 5.41) is 3.50. The van der Waals surface area contributed by atoms with Crippen LogP contribution >= 0.6 is 24.0 Å². The average molecular weight is 551 g/mol. The molecular formula is C24H47IN4O2. The normalized spacial score (nSPS) is 26.5. The van der Waals surface area contributed by atoms with Crippen molar-refractivity contribution in [2.45, 2.75) is 83.8 Å². The fraction of sp³-hybridized carbons (Fsp3) is 0.958. The predicted molar refractivity (Wildman–Crippen MR) is 140 cm³/mol. The fourth-order valence-electron chi connectivity index (χ4n) is 4.96. The van der Waals surface area contributed by atoms with Gasteiger partial charge in [-0.3, -0.25) is 4.99 Å². The van der Waals surface area contributed by atoms with E-state index < -0.39 is 0 Å². The van der Waals surface area contributed by atoms with Crippen molar-refractivity contribution >= 4 is 29.9 Å². The van der Waals surface area contributed by atoms with Crippen molar-refractivity contribution in [2.75, 3.05) is 59.0 Å². The first-order valence-corrected chi connectivity index (χ1v) is 12.7. The molecule has 182 valence electrons. The van der Waals surface area contributed by atoms with Crippen molar-refractivity contribution in [3.05, 3.63) is 0 Å². The number of nitrogens with zero attached hydrogens (tertiary/aromatic N) is 3. The summed E-state index contributed by atoms with van der Waals surface area (Å²) < 4.78 is 12.0. The van der Waals surface area contributed by atoms with Gasteiger partial charge in [0, 0.05) is 39.3 Å². The number of aliphatic imine (C=N–C) groups is 1. The Morgan fingerprint density at radius 1 is 1.06 bits per heavy atom. The quantitative estimate of drug-likeness (QED) is 0.203. The molecule has 3 fully saturated rings. The first kappa shape index (κ1) is 27.1. The molecule has 0 aromatic carbocycles. The van der Waals surface area contributed by atoms with E-state index >= 15 is 0 Å². The Balaban J connectivity index is 0.00000341. The lowest BCUT2D eigenvalue weighted by molar-refractivity contribution is -0.0721. The number of nitrogens with one attached hydrogen (secondary N) is 1. The Morgan fingerprint density at radius 2 is 1.90 bits per heavy atom. The molecule has 7 heteroatoms. The highest BCUT2D eigenvalue weighted by molar-refractivity contribution is 14.0. The molecule has 3 rings (SSSR count). The summed E-state index contributed by atoms with van der Waals surface area (Å²) in [4.78, 5) is 10.00. The largest absolute Gasteiger partial charge is 0.376 e. The van der Waals surface area contributed by atoms with Crippen LogP contribution in [-0.4, -0.2) is 87.0 Å². The predicted octanol–water partition coefficient (Wildman–Crippen LogP) is 4.13. The van der Waals surface area contributed by atoms with Gasteiger partial charge in [0.1, 0.15) is 0 Å². The highest BCUT2D eigenvalue weighted by atomic mass is 127. The van der Waals surface area contributed by atoms with E-state index in [2.05, 4.69) is 29.0 Å². The fourth-order valence-corrected chi connectivity index (χ4v) is 4.96. The average Bonchev–Trinajstić information content (AvgIpc) is 2.78. The lowest BCUT2D eigenvalue weighted by Gasteiger charge is -2.35. The molecule has 3 aliphatic heterocycles. The van der Waals surface area contributed by atoms with Gasteiger partial charge in [0.05, 0.1) is 18.8 Å². The zero-order valence-electron chi connectivity index (χ0n) is 20.0. The van der Waals surface area contributed by atoms with Crippen LogP contribution in [0.4, 0.5) is 0 Å². The van der Waals surface area contributed by atoms with Gasteiger partial charge in [0.25, 0.3) is 0 Å². The van der Waals surface area contributed by atoms with E-state index in [1.807, 2.05) is 0 Å². The monoisotopic (exact) mass is 550 g/mol. The van der Waals surface area contributed by atoms with Crippen LogP contribution in [-0.2, 0) is 9.47 Å². The summed E-state index contributed by atoms with van der Waals surface area (Å²) in [6.45, 7) is 14.0. The van der Waals surface area contributed by atoms with E-state index in [0.717, 1.165) is 70.5 Å². The zero-order chi connectivity index (χ0) is 21.0. The number of hydrogen-bond donors (Lipinski definition) is 1. The van der Waals surface area contributed by atoms with Crippen LogP contribution in [0, 0.1) is 5.92 Å². The third-order valence-corrected chi connectivity index (χ3v) is 6.75.